The van der Waals surface area contributed by atoms with Crippen LogP contribution in [0.1, 0.15) is 49.0 Å². The molecule has 1 saturated carbocycles. The summed E-state index contributed by atoms with van der Waals surface area (Å²) in [4.78, 5) is 17.8. The summed E-state index contributed by atoms with van der Waals surface area (Å²) >= 11 is 0. The molecule has 2 aromatic rings. The lowest BCUT2D eigenvalue weighted by molar-refractivity contribution is -0.150. The highest BCUT2D eigenvalue weighted by molar-refractivity contribution is 5.85. The molecule has 0 spiro atoms. The lowest BCUT2D eigenvalue weighted by Crippen LogP contribution is -2.40. The van der Waals surface area contributed by atoms with Gasteiger partial charge >= 0.3 is 12.2 Å². The number of alkyl halides is 5. The molecule has 1 aliphatic heterocycles. The first-order valence-corrected chi connectivity index (χ1v) is 10.6. The van der Waals surface area contributed by atoms with Crippen molar-refractivity contribution < 1.29 is 31.5 Å². The van der Waals surface area contributed by atoms with Gasteiger partial charge in [0.05, 0.1) is 43.3 Å². The number of urea groups is 1. The molecule has 14 heteroatoms. The lowest BCUT2D eigenvalue weighted by Gasteiger charge is -2.31. The maximum Gasteiger partial charge on any atom is 0.410 e. The third kappa shape index (κ3) is 5.36. The van der Waals surface area contributed by atoms with Crippen molar-refractivity contribution in [3.8, 4) is 0 Å². The highest BCUT2D eigenvalue weighted by Gasteiger charge is 2.48. The molecule has 190 valence electrons. The van der Waals surface area contributed by atoms with Crippen LogP contribution in [0.3, 0.4) is 0 Å². The summed E-state index contributed by atoms with van der Waals surface area (Å²) in [5, 5.41) is 6.21. The molecular formula is C20H26ClF5N6O2. The normalized spacial score (nSPS) is 23.0. The van der Waals surface area contributed by atoms with Gasteiger partial charge in [0.25, 0.3) is 0 Å². The van der Waals surface area contributed by atoms with Crippen LogP contribution in [-0.2, 0) is 4.74 Å². The summed E-state index contributed by atoms with van der Waals surface area (Å²) in [7, 11) is 1.38. The summed E-state index contributed by atoms with van der Waals surface area (Å²) in [5.41, 5.74) is 7.63. The van der Waals surface area contributed by atoms with Crippen LogP contribution in [0.5, 0.6) is 0 Å². The van der Waals surface area contributed by atoms with E-state index in [4.69, 9.17) is 10.5 Å². The largest absolute Gasteiger partial charge is 0.410 e. The average Bonchev–Trinajstić information content (AvgIpc) is 3.34. The van der Waals surface area contributed by atoms with E-state index in [0.717, 1.165) is 4.90 Å². The predicted molar refractivity (Wildman–Crippen MR) is 114 cm³/mol. The van der Waals surface area contributed by atoms with Crippen molar-refractivity contribution in [1.82, 2.24) is 24.8 Å². The molecule has 3 atom stereocenters. The fourth-order valence-corrected chi connectivity index (χ4v) is 4.45. The number of nitrogens with zero attached hydrogens (tertiary/aromatic N) is 4. The number of amides is 2. The topological polar surface area (TPSA) is 97.8 Å². The van der Waals surface area contributed by atoms with E-state index in [1.165, 1.54) is 17.8 Å². The Morgan fingerprint density at radius 1 is 1.32 bits per heavy atom. The molecule has 2 aromatic heterocycles. The van der Waals surface area contributed by atoms with Gasteiger partial charge < -0.3 is 20.7 Å². The van der Waals surface area contributed by atoms with E-state index in [1.807, 2.05) is 5.32 Å². The molecule has 8 nitrogen and oxygen atoms in total. The minimum Gasteiger partial charge on any atom is -0.382 e. The molecule has 2 fully saturated rings. The summed E-state index contributed by atoms with van der Waals surface area (Å²) in [6.07, 6.45) is -1.36. The molecule has 34 heavy (non-hydrogen) atoms. The first-order chi connectivity index (χ1) is 15.5. The van der Waals surface area contributed by atoms with E-state index in [-0.39, 0.29) is 37.8 Å². The molecule has 4 rings (SSSR count). The fourth-order valence-electron chi connectivity index (χ4n) is 4.45. The summed E-state index contributed by atoms with van der Waals surface area (Å²) in [6, 6.07) is -2.57. The van der Waals surface area contributed by atoms with Gasteiger partial charge in [-0.2, -0.15) is 18.3 Å². The van der Waals surface area contributed by atoms with Crippen LogP contribution in [0.2, 0.25) is 0 Å². The first-order valence-electron chi connectivity index (χ1n) is 10.6. The standard InChI is InChI=1S/C20H25F5N6O2.ClH/c1-33-10-14(30-9-15(20(23,24)25)29-18(30)32)12-6-16-28-13(8-31(16)27-7-12)17(26)11-2-4-19(21,22)5-3-11;/h6-8,11,14-15,17H,2-5,9-10,26H2,1H3,(H,29,32);1H/t14-,15+,17+;/m1./s1. The Balaban J connectivity index is 0.00000324. The molecule has 1 saturated heterocycles. The van der Waals surface area contributed by atoms with Crippen LogP contribution < -0.4 is 11.1 Å². The van der Waals surface area contributed by atoms with Crippen LogP contribution in [0.4, 0.5) is 26.7 Å². The zero-order valence-corrected chi connectivity index (χ0v) is 19.1. The van der Waals surface area contributed by atoms with Gasteiger partial charge in [0.1, 0.15) is 6.04 Å². The minimum atomic E-state index is -4.57. The van der Waals surface area contributed by atoms with Crippen LogP contribution >= 0.6 is 12.4 Å². The van der Waals surface area contributed by atoms with Crippen molar-refractivity contribution in [3.63, 3.8) is 0 Å². The number of nitrogens with two attached hydrogens (primary N) is 1. The van der Waals surface area contributed by atoms with E-state index in [9.17, 15) is 26.7 Å². The van der Waals surface area contributed by atoms with E-state index >= 15 is 0 Å². The number of carbonyl (C=O) groups is 1. The number of imidazole rings is 1. The second-order valence-electron chi connectivity index (χ2n) is 8.64. The molecule has 3 N–H and O–H groups in total. The second-order valence-corrected chi connectivity index (χ2v) is 8.64. The maximum atomic E-state index is 13.5. The first kappa shape index (κ1) is 26.4. The Bertz CT molecular complexity index is 1010. The van der Waals surface area contributed by atoms with Crippen molar-refractivity contribution in [2.75, 3.05) is 20.3 Å². The predicted octanol–water partition coefficient (Wildman–Crippen LogP) is 3.62. The van der Waals surface area contributed by atoms with Gasteiger partial charge in [0.15, 0.2) is 5.65 Å². The van der Waals surface area contributed by atoms with Crippen molar-refractivity contribution in [2.24, 2.45) is 11.7 Å². The van der Waals surface area contributed by atoms with Crippen molar-refractivity contribution in [3.05, 3.63) is 29.7 Å². The Morgan fingerprint density at radius 3 is 2.59 bits per heavy atom. The maximum absolute atomic E-state index is 13.5. The second kappa shape index (κ2) is 9.78. The number of aromatic nitrogens is 3. The number of carbonyl (C=O) groups excluding carboxylic acids is 1. The molecule has 0 unspecified atom stereocenters. The number of ether oxygens (including phenoxy) is 1. The number of hydrogen-bond acceptors (Lipinski definition) is 5. The SMILES string of the molecule is COC[C@H](c1cnn2cc([C@@H](N)C3CCC(F)(F)CC3)nc2c1)N1C[C@@H](C(F)(F)F)NC1=O.Cl. The third-order valence-electron chi connectivity index (χ3n) is 6.39. The highest BCUT2D eigenvalue weighted by Crippen LogP contribution is 2.40. The van der Waals surface area contributed by atoms with Gasteiger partial charge in [-0.05, 0) is 24.8 Å². The molecule has 1 aliphatic carbocycles. The van der Waals surface area contributed by atoms with Gasteiger partial charge in [0, 0.05) is 25.5 Å². The van der Waals surface area contributed by atoms with E-state index in [2.05, 4.69) is 10.1 Å². The number of halogens is 6. The van der Waals surface area contributed by atoms with Crippen LogP contribution in [0.15, 0.2) is 18.5 Å². The number of methoxy groups -OCH3 is 1. The number of rotatable bonds is 6. The molecular weight excluding hydrogens is 487 g/mol. The minimum absolute atomic E-state index is 0. The molecule has 3 heterocycles. The number of fused-ring (bicyclic) bond motifs is 1. The number of hydrogen-bond donors (Lipinski definition) is 2. The van der Waals surface area contributed by atoms with Gasteiger partial charge in [-0.15, -0.1) is 12.4 Å². The van der Waals surface area contributed by atoms with Crippen LogP contribution in [0.25, 0.3) is 5.65 Å². The zero-order chi connectivity index (χ0) is 24.0. The zero-order valence-electron chi connectivity index (χ0n) is 18.3. The molecule has 0 bridgehead atoms. The Kier molecular flexibility index (Phi) is 7.58. The summed E-state index contributed by atoms with van der Waals surface area (Å²) < 4.78 is 72.8. The van der Waals surface area contributed by atoms with Gasteiger partial charge in [-0.25, -0.2) is 23.1 Å². The number of nitrogens with one attached hydrogen (secondary N) is 1. The van der Waals surface area contributed by atoms with Crippen LogP contribution in [-0.4, -0.2) is 63.9 Å². The van der Waals surface area contributed by atoms with Gasteiger partial charge in [-0.3, -0.25) is 0 Å². The van der Waals surface area contributed by atoms with Crippen molar-refractivity contribution in [1.29, 1.82) is 0 Å². The lowest BCUT2D eigenvalue weighted by atomic mass is 9.81. The smallest absolute Gasteiger partial charge is 0.382 e. The Morgan fingerprint density at radius 2 is 2.00 bits per heavy atom. The quantitative estimate of drug-likeness (QED) is 0.576. The van der Waals surface area contributed by atoms with Crippen LogP contribution in [0, 0.1) is 5.92 Å². The van der Waals surface area contributed by atoms with E-state index < -0.39 is 42.8 Å². The molecule has 2 amide bonds. The Labute approximate surface area is 198 Å². The molecule has 0 aromatic carbocycles. The highest BCUT2D eigenvalue weighted by atomic mass is 35.5. The van der Waals surface area contributed by atoms with Gasteiger partial charge in [-0.1, -0.05) is 0 Å². The average molecular weight is 513 g/mol. The van der Waals surface area contributed by atoms with E-state index in [1.54, 1.807) is 12.3 Å². The summed E-state index contributed by atoms with van der Waals surface area (Å²) in [6.45, 7) is -0.600. The molecule has 2 aliphatic rings. The monoisotopic (exact) mass is 512 g/mol. The molecule has 0 radical (unpaired) electrons. The Hall–Kier alpha value is -2.25. The van der Waals surface area contributed by atoms with E-state index in [0.29, 0.717) is 29.7 Å². The van der Waals surface area contributed by atoms with Crippen molar-refractivity contribution >= 4 is 24.1 Å². The van der Waals surface area contributed by atoms with Crippen molar-refractivity contribution in [2.45, 2.75) is 55.9 Å². The third-order valence-corrected chi connectivity index (χ3v) is 6.39. The fraction of sp³-hybridized carbons (Fsp3) is 0.650. The van der Waals surface area contributed by atoms with Gasteiger partial charge in [0.2, 0.25) is 5.92 Å². The summed E-state index contributed by atoms with van der Waals surface area (Å²) in [5.74, 6) is -2.79.